The number of hydrogen-bond donors (Lipinski definition) is 2. The Morgan fingerprint density at radius 3 is 2.10 bits per heavy atom. The fraction of sp³-hybridized carbons (Fsp3) is 0.857. The summed E-state index contributed by atoms with van der Waals surface area (Å²) >= 11 is 0. The molecular weight excluding hydrogens is 258 g/mol. The molecule has 0 saturated heterocycles. The first-order chi connectivity index (χ1) is 9.29. The molecule has 0 aromatic rings. The van der Waals surface area contributed by atoms with Gasteiger partial charge < -0.3 is 15.4 Å². The zero-order chi connectivity index (χ0) is 15.7. The van der Waals surface area contributed by atoms with Crippen molar-refractivity contribution in [2.75, 3.05) is 26.7 Å². The van der Waals surface area contributed by atoms with Crippen LogP contribution >= 0.6 is 0 Å². The van der Waals surface area contributed by atoms with E-state index in [-0.39, 0.29) is 5.91 Å². The van der Waals surface area contributed by atoms with Crippen molar-refractivity contribution in [1.29, 1.82) is 0 Å². The Morgan fingerprint density at radius 2 is 1.70 bits per heavy atom. The Hall–Kier alpha value is -1.14. The van der Waals surface area contributed by atoms with Crippen LogP contribution < -0.4 is 10.6 Å². The first kappa shape index (κ1) is 18.9. The van der Waals surface area contributed by atoms with E-state index in [2.05, 4.69) is 48.0 Å². The molecular formula is C14H29N3O3. The zero-order valence-corrected chi connectivity index (χ0v) is 13.5. The number of hydrogen-bond acceptors (Lipinski definition) is 5. The molecule has 0 bridgehead atoms. The monoisotopic (exact) mass is 287 g/mol. The normalized spacial score (nSPS) is 12.8. The van der Waals surface area contributed by atoms with Crippen molar-refractivity contribution >= 4 is 11.9 Å². The van der Waals surface area contributed by atoms with Crippen molar-refractivity contribution in [3.63, 3.8) is 0 Å². The van der Waals surface area contributed by atoms with Crippen LogP contribution in [-0.4, -0.2) is 61.6 Å². The van der Waals surface area contributed by atoms with Crippen molar-refractivity contribution in [2.45, 2.75) is 52.7 Å². The summed E-state index contributed by atoms with van der Waals surface area (Å²) in [5.74, 6) is -0.675. The second-order valence-electron chi connectivity index (χ2n) is 5.41. The molecule has 0 aromatic carbocycles. The second kappa shape index (κ2) is 9.72. The van der Waals surface area contributed by atoms with Gasteiger partial charge in [-0.25, -0.2) is 4.79 Å². The van der Waals surface area contributed by atoms with Crippen LogP contribution in [0.5, 0.6) is 0 Å². The lowest BCUT2D eigenvalue weighted by atomic mass is 10.2. The number of esters is 1. The number of methoxy groups -OCH3 is 1. The average Bonchev–Trinajstić information content (AvgIpc) is 2.34. The van der Waals surface area contributed by atoms with Gasteiger partial charge in [0, 0.05) is 38.6 Å². The number of carbonyl (C=O) groups is 2. The molecule has 1 amide bonds. The molecule has 1 atom stereocenters. The average molecular weight is 287 g/mol. The molecule has 0 fully saturated rings. The lowest BCUT2D eigenvalue weighted by Crippen LogP contribution is -2.49. The number of ether oxygens (including phenoxy) is 1. The number of nitrogens with one attached hydrogen (secondary N) is 2. The quantitative estimate of drug-likeness (QED) is 0.474. The fourth-order valence-corrected chi connectivity index (χ4v) is 2.15. The van der Waals surface area contributed by atoms with Crippen LogP contribution in [0, 0.1) is 0 Å². The Labute approximate surface area is 122 Å². The van der Waals surface area contributed by atoms with E-state index in [0.29, 0.717) is 18.6 Å². The van der Waals surface area contributed by atoms with Crippen LogP contribution in [0.4, 0.5) is 0 Å². The van der Waals surface area contributed by atoms with Crippen molar-refractivity contribution in [2.24, 2.45) is 0 Å². The molecule has 0 aliphatic carbocycles. The molecule has 0 radical (unpaired) electrons. The molecule has 6 heteroatoms. The first-order valence-electron chi connectivity index (χ1n) is 7.11. The van der Waals surface area contributed by atoms with Crippen LogP contribution in [0.3, 0.4) is 0 Å². The lowest BCUT2D eigenvalue weighted by molar-refractivity contribution is -0.144. The number of carbonyl (C=O) groups excluding carboxylic acids is 2. The fourth-order valence-electron chi connectivity index (χ4n) is 2.15. The molecule has 0 saturated carbocycles. The molecule has 0 aromatic heterocycles. The lowest BCUT2D eigenvalue weighted by Gasteiger charge is -2.30. The molecule has 0 heterocycles. The van der Waals surface area contributed by atoms with Gasteiger partial charge in [-0.05, 0) is 27.7 Å². The van der Waals surface area contributed by atoms with Gasteiger partial charge in [-0.1, -0.05) is 0 Å². The van der Waals surface area contributed by atoms with E-state index >= 15 is 0 Å². The van der Waals surface area contributed by atoms with Gasteiger partial charge in [0.05, 0.1) is 7.11 Å². The minimum absolute atomic E-state index is 0.242. The molecule has 6 nitrogen and oxygen atoms in total. The van der Waals surface area contributed by atoms with E-state index in [1.807, 2.05) is 0 Å². The highest BCUT2D eigenvalue weighted by atomic mass is 16.5. The van der Waals surface area contributed by atoms with Crippen LogP contribution in [0.2, 0.25) is 0 Å². The van der Waals surface area contributed by atoms with Gasteiger partial charge in [-0.2, -0.15) is 0 Å². The van der Waals surface area contributed by atoms with Crippen molar-refractivity contribution < 1.29 is 14.3 Å². The Morgan fingerprint density at radius 1 is 1.15 bits per heavy atom. The summed E-state index contributed by atoms with van der Waals surface area (Å²) in [7, 11) is 1.32. The van der Waals surface area contributed by atoms with Crippen molar-refractivity contribution in [3.05, 3.63) is 0 Å². The Balaban J connectivity index is 4.17. The topological polar surface area (TPSA) is 70.7 Å². The van der Waals surface area contributed by atoms with E-state index in [1.54, 1.807) is 0 Å². The predicted octanol–water partition coefficient (Wildman–Crippen LogP) is 0.373. The smallest absolute Gasteiger partial charge is 0.329 e. The summed E-state index contributed by atoms with van der Waals surface area (Å²) in [5, 5.41) is 5.76. The molecule has 0 aliphatic heterocycles. The van der Waals surface area contributed by atoms with Crippen LogP contribution in [0.15, 0.2) is 0 Å². The highest BCUT2D eigenvalue weighted by Crippen LogP contribution is 2.03. The second-order valence-corrected chi connectivity index (χ2v) is 5.41. The van der Waals surface area contributed by atoms with E-state index in [0.717, 1.165) is 13.1 Å². The van der Waals surface area contributed by atoms with Crippen molar-refractivity contribution in [1.82, 2.24) is 15.5 Å². The summed E-state index contributed by atoms with van der Waals surface area (Å²) in [6.07, 6.45) is 0. The van der Waals surface area contributed by atoms with Crippen LogP contribution in [-0.2, 0) is 14.3 Å². The van der Waals surface area contributed by atoms with Gasteiger partial charge >= 0.3 is 5.97 Å². The van der Waals surface area contributed by atoms with Gasteiger partial charge in [0.25, 0.3) is 0 Å². The summed E-state index contributed by atoms with van der Waals surface area (Å²) < 4.78 is 4.66. The maximum Gasteiger partial charge on any atom is 0.329 e. The third-order valence-electron chi connectivity index (χ3n) is 3.09. The minimum Gasteiger partial charge on any atom is -0.467 e. The van der Waals surface area contributed by atoms with Crippen LogP contribution in [0.25, 0.3) is 0 Å². The van der Waals surface area contributed by atoms with Gasteiger partial charge in [-0.15, -0.1) is 0 Å². The Kier molecular flexibility index (Phi) is 9.16. The molecule has 2 N–H and O–H groups in total. The van der Waals surface area contributed by atoms with Gasteiger partial charge in [0.2, 0.25) is 5.91 Å². The van der Waals surface area contributed by atoms with Crippen molar-refractivity contribution in [3.8, 4) is 0 Å². The van der Waals surface area contributed by atoms with E-state index < -0.39 is 12.0 Å². The first-order valence-corrected chi connectivity index (χ1v) is 7.11. The van der Waals surface area contributed by atoms with E-state index in [9.17, 15) is 9.59 Å². The third-order valence-corrected chi connectivity index (χ3v) is 3.09. The number of amides is 1. The predicted molar refractivity (Wildman–Crippen MR) is 79.5 cm³/mol. The molecule has 1 unspecified atom stereocenters. The van der Waals surface area contributed by atoms with Gasteiger partial charge in [0.15, 0.2) is 0 Å². The van der Waals surface area contributed by atoms with E-state index in [4.69, 9.17) is 0 Å². The van der Waals surface area contributed by atoms with E-state index in [1.165, 1.54) is 14.0 Å². The van der Waals surface area contributed by atoms with Gasteiger partial charge in [-0.3, -0.25) is 9.69 Å². The molecule has 118 valence electrons. The van der Waals surface area contributed by atoms with Gasteiger partial charge in [0.1, 0.15) is 6.04 Å². The number of rotatable bonds is 9. The molecule has 0 spiro atoms. The maximum atomic E-state index is 11.5. The zero-order valence-electron chi connectivity index (χ0n) is 13.5. The SMILES string of the molecule is COC(=O)C(CNCCN(C(C)C)C(C)C)NC(C)=O. The highest BCUT2D eigenvalue weighted by Gasteiger charge is 2.19. The molecule has 20 heavy (non-hydrogen) atoms. The summed E-state index contributed by atoms with van der Waals surface area (Å²) in [5.41, 5.74) is 0. The standard InChI is InChI=1S/C14H29N3O3/c1-10(2)17(11(3)4)8-7-15-9-13(14(19)20-6)16-12(5)18/h10-11,13,15H,7-9H2,1-6H3,(H,16,18). The molecule has 0 rings (SSSR count). The summed E-state index contributed by atoms with van der Waals surface area (Å²) in [4.78, 5) is 24.9. The third kappa shape index (κ3) is 7.45. The maximum absolute atomic E-state index is 11.5. The molecule has 0 aliphatic rings. The highest BCUT2D eigenvalue weighted by molar-refractivity contribution is 5.83. The largest absolute Gasteiger partial charge is 0.467 e. The number of nitrogens with zero attached hydrogens (tertiary/aromatic N) is 1. The summed E-state index contributed by atoms with van der Waals surface area (Å²) in [6, 6.07) is 0.316. The van der Waals surface area contributed by atoms with Crippen LogP contribution in [0.1, 0.15) is 34.6 Å². The minimum atomic E-state index is -0.635. The summed E-state index contributed by atoms with van der Waals surface area (Å²) in [6.45, 7) is 12.0. The Bertz CT molecular complexity index is 298.